The number of aryl methyl sites for hydroxylation is 1. The quantitative estimate of drug-likeness (QED) is 0.650. The fourth-order valence-corrected chi connectivity index (χ4v) is 4.21. The summed E-state index contributed by atoms with van der Waals surface area (Å²) in [5, 5.41) is 5.22. The van der Waals surface area contributed by atoms with Gasteiger partial charge in [-0.15, -0.1) is 0 Å². The summed E-state index contributed by atoms with van der Waals surface area (Å²) in [4.78, 5) is 13.7. The molecule has 0 saturated carbocycles. The first-order chi connectivity index (χ1) is 14.1. The number of carbonyl (C=O) groups is 1. The third kappa shape index (κ3) is 3.73. The predicted octanol–water partition coefficient (Wildman–Crippen LogP) is 5.23. The molecule has 0 aliphatic carbocycles. The van der Waals surface area contributed by atoms with Gasteiger partial charge in [0.25, 0.3) is 0 Å². The highest BCUT2D eigenvalue weighted by Crippen LogP contribution is 2.38. The molecule has 0 bridgehead atoms. The summed E-state index contributed by atoms with van der Waals surface area (Å²) in [6.45, 7) is 5.82. The highest BCUT2D eigenvalue weighted by molar-refractivity contribution is 6.07. The van der Waals surface area contributed by atoms with Crippen LogP contribution in [0.25, 0.3) is 10.8 Å². The number of anilines is 1. The topological polar surface area (TPSA) is 47.6 Å². The van der Waals surface area contributed by atoms with Gasteiger partial charge in [0, 0.05) is 29.7 Å². The van der Waals surface area contributed by atoms with Gasteiger partial charge in [0.05, 0.1) is 12.0 Å². The third-order valence-electron chi connectivity index (χ3n) is 5.78. The van der Waals surface area contributed by atoms with E-state index < -0.39 is 5.41 Å². The lowest BCUT2D eigenvalue weighted by Crippen LogP contribution is -2.44. The molecule has 0 unspecified atom stereocenters. The number of fused-ring (bicyclic) bond motifs is 1. The van der Waals surface area contributed by atoms with Crippen LogP contribution in [0.3, 0.4) is 0 Å². The summed E-state index contributed by atoms with van der Waals surface area (Å²) in [6.07, 6.45) is 1.36. The van der Waals surface area contributed by atoms with Gasteiger partial charge in [0.15, 0.2) is 0 Å². The number of nitrogens with one attached hydrogen (secondary N) is 1. The van der Waals surface area contributed by atoms with E-state index in [4.69, 9.17) is 9.47 Å². The zero-order valence-electron chi connectivity index (χ0n) is 17.0. The normalized spacial score (nSPS) is 15.8. The number of ether oxygens (including phenoxy) is 2. The second-order valence-electron chi connectivity index (χ2n) is 7.61. The van der Waals surface area contributed by atoms with Crippen molar-refractivity contribution in [1.29, 1.82) is 0 Å². The lowest BCUT2D eigenvalue weighted by Gasteiger charge is -2.36. The smallest absolute Gasteiger partial charge is 0.235 e. The lowest BCUT2D eigenvalue weighted by molar-refractivity contribution is -0.125. The monoisotopic (exact) mass is 389 g/mol. The van der Waals surface area contributed by atoms with Gasteiger partial charge in [-0.05, 0) is 44.4 Å². The van der Waals surface area contributed by atoms with Crippen molar-refractivity contribution in [2.75, 3.05) is 25.1 Å². The van der Waals surface area contributed by atoms with Gasteiger partial charge >= 0.3 is 0 Å². The van der Waals surface area contributed by atoms with E-state index in [2.05, 4.69) is 30.4 Å². The molecule has 29 heavy (non-hydrogen) atoms. The van der Waals surface area contributed by atoms with Crippen LogP contribution >= 0.6 is 0 Å². The lowest BCUT2D eigenvalue weighted by atomic mass is 9.73. The van der Waals surface area contributed by atoms with E-state index in [-0.39, 0.29) is 5.91 Å². The molecule has 0 aromatic heterocycles. The summed E-state index contributed by atoms with van der Waals surface area (Å²) in [5.74, 6) is 0.862. The van der Waals surface area contributed by atoms with Gasteiger partial charge in [-0.3, -0.25) is 4.79 Å². The van der Waals surface area contributed by atoms with Gasteiger partial charge in [-0.2, -0.15) is 0 Å². The third-order valence-corrected chi connectivity index (χ3v) is 5.78. The first kappa shape index (κ1) is 19.5. The molecule has 1 N–H and O–H groups in total. The molecule has 1 aliphatic rings. The SMILES string of the molecule is CCOc1ccc(NC(=O)C2(c3cccc(C)c3)CCOCC2)c2ccccc12. The van der Waals surface area contributed by atoms with Gasteiger partial charge in [0.2, 0.25) is 5.91 Å². The molecule has 0 radical (unpaired) electrons. The second-order valence-corrected chi connectivity index (χ2v) is 7.61. The summed E-state index contributed by atoms with van der Waals surface area (Å²) < 4.78 is 11.4. The van der Waals surface area contributed by atoms with Crippen LogP contribution in [0, 0.1) is 6.92 Å². The molecule has 4 heteroatoms. The zero-order valence-corrected chi connectivity index (χ0v) is 17.0. The molecule has 1 heterocycles. The highest BCUT2D eigenvalue weighted by atomic mass is 16.5. The maximum Gasteiger partial charge on any atom is 0.235 e. The predicted molar refractivity (Wildman–Crippen MR) is 117 cm³/mol. The number of hydrogen-bond acceptors (Lipinski definition) is 3. The average molecular weight is 389 g/mol. The molecule has 0 atom stereocenters. The Balaban J connectivity index is 1.73. The van der Waals surface area contributed by atoms with Crippen molar-refractivity contribution in [3.8, 4) is 5.75 Å². The molecule has 1 fully saturated rings. The summed E-state index contributed by atoms with van der Waals surface area (Å²) >= 11 is 0. The van der Waals surface area contributed by atoms with Crippen molar-refractivity contribution in [1.82, 2.24) is 0 Å². The van der Waals surface area contributed by atoms with Crippen LogP contribution in [-0.2, 0) is 14.9 Å². The van der Waals surface area contributed by atoms with Crippen molar-refractivity contribution in [2.45, 2.75) is 32.1 Å². The van der Waals surface area contributed by atoms with Crippen LogP contribution in [0.2, 0.25) is 0 Å². The van der Waals surface area contributed by atoms with E-state index in [1.165, 1.54) is 0 Å². The van der Waals surface area contributed by atoms with Crippen LogP contribution in [0.5, 0.6) is 5.75 Å². The van der Waals surface area contributed by atoms with Gasteiger partial charge in [-0.1, -0.05) is 54.1 Å². The molecule has 3 aromatic rings. The Morgan fingerprint density at radius 3 is 2.52 bits per heavy atom. The molecule has 150 valence electrons. The van der Waals surface area contributed by atoms with Crippen molar-refractivity contribution < 1.29 is 14.3 Å². The van der Waals surface area contributed by atoms with Crippen molar-refractivity contribution in [2.24, 2.45) is 0 Å². The summed E-state index contributed by atoms with van der Waals surface area (Å²) in [5.41, 5.74) is 2.46. The van der Waals surface area contributed by atoms with Crippen molar-refractivity contribution in [3.63, 3.8) is 0 Å². The van der Waals surface area contributed by atoms with E-state index >= 15 is 0 Å². The van der Waals surface area contributed by atoms with Crippen LogP contribution in [0.15, 0.2) is 60.7 Å². The summed E-state index contributed by atoms with van der Waals surface area (Å²) in [6, 6.07) is 20.2. The number of benzene rings is 3. The van der Waals surface area contributed by atoms with Crippen LogP contribution in [0.4, 0.5) is 5.69 Å². The largest absolute Gasteiger partial charge is 0.493 e. The molecule has 0 spiro atoms. The Hall–Kier alpha value is -2.85. The fourth-order valence-electron chi connectivity index (χ4n) is 4.21. The Labute approximate surface area is 171 Å². The van der Waals surface area contributed by atoms with Crippen LogP contribution in [0.1, 0.15) is 30.9 Å². The van der Waals surface area contributed by atoms with E-state index in [0.717, 1.165) is 33.3 Å². The zero-order chi connectivity index (χ0) is 20.3. The summed E-state index contributed by atoms with van der Waals surface area (Å²) in [7, 11) is 0. The Kier molecular flexibility index (Phi) is 5.54. The molecule has 1 amide bonds. The number of amides is 1. The van der Waals surface area contributed by atoms with E-state index in [1.807, 2.05) is 49.4 Å². The van der Waals surface area contributed by atoms with Crippen molar-refractivity contribution >= 4 is 22.4 Å². The van der Waals surface area contributed by atoms with Crippen LogP contribution < -0.4 is 10.1 Å². The maximum absolute atomic E-state index is 13.7. The van der Waals surface area contributed by atoms with Crippen molar-refractivity contribution in [3.05, 3.63) is 71.8 Å². The molecule has 1 saturated heterocycles. The Morgan fingerprint density at radius 1 is 1.03 bits per heavy atom. The first-order valence-electron chi connectivity index (χ1n) is 10.2. The molecular formula is C25H27NO3. The molecule has 3 aromatic carbocycles. The first-order valence-corrected chi connectivity index (χ1v) is 10.2. The number of rotatable bonds is 5. The second kappa shape index (κ2) is 8.26. The standard InChI is InChI=1S/C25H27NO3/c1-3-29-23-12-11-22(20-9-4-5-10-21(20)23)26-24(27)25(13-15-28-16-14-25)19-8-6-7-18(2)17-19/h4-12,17H,3,13-16H2,1-2H3,(H,26,27). The molecule has 4 rings (SSSR count). The van der Waals surface area contributed by atoms with E-state index in [9.17, 15) is 4.79 Å². The minimum atomic E-state index is -0.579. The van der Waals surface area contributed by atoms with Gasteiger partial charge in [0.1, 0.15) is 5.75 Å². The Morgan fingerprint density at radius 2 is 1.79 bits per heavy atom. The molecule has 4 nitrogen and oxygen atoms in total. The van der Waals surface area contributed by atoms with E-state index in [0.29, 0.717) is 32.7 Å². The van der Waals surface area contributed by atoms with E-state index in [1.54, 1.807) is 0 Å². The Bertz CT molecular complexity index is 1020. The molecular weight excluding hydrogens is 362 g/mol. The maximum atomic E-state index is 13.7. The minimum Gasteiger partial charge on any atom is -0.493 e. The highest BCUT2D eigenvalue weighted by Gasteiger charge is 2.42. The van der Waals surface area contributed by atoms with Gasteiger partial charge in [-0.25, -0.2) is 0 Å². The molecule has 1 aliphatic heterocycles. The fraction of sp³-hybridized carbons (Fsp3) is 0.320. The minimum absolute atomic E-state index is 0.0284. The van der Waals surface area contributed by atoms with Crippen LogP contribution in [-0.4, -0.2) is 25.7 Å². The number of carbonyl (C=O) groups excluding carboxylic acids is 1. The average Bonchev–Trinajstić information content (AvgIpc) is 2.76. The number of hydrogen-bond donors (Lipinski definition) is 1. The van der Waals surface area contributed by atoms with Gasteiger partial charge < -0.3 is 14.8 Å².